The number of nitrogens with zero attached hydrogens (tertiary/aromatic N) is 2. The predicted octanol–water partition coefficient (Wildman–Crippen LogP) is 2.56. The van der Waals surface area contributed by atoms with Crippen LogP contribution in [0.3, 0.4) is 0 Å². The minimum Gasteiger partial charge on any atom is -0.316 e. The van der Waals surface area contributed by atoms with Crippen molar-refractivity contribution in [3.8, 4) is 0 Å². The molecule has 5 nitrogen and oxygen atoms in total. The summed E-state index contributed by atoms with van der Waals surface area (Å²) < 4.78 is 25.0. The molecule has 0 spiro atoms. The Balaban J connectivity index is 1.41. The van der Waals surface area contributed by atoms with Crippen molar-refractivity contribution < 1.29 is 8.42 Å². The van der Waals surface area contributed by atoms with E-state index >= 15 is 0 Å². The van der Waals surface area contributed by atoms with Crippen molar-refractivity contribution in [3.63, 3.8) is 0 Å². The fourth-order valence-electron chi connectivity index (χ4n) is 5.13. The largest absolute Gasteiger partial charge is 0.316 e. The van der Waals surface area contributed by atoms with Crippen molar-refractivity contribution in [2.45, 2.75) is 45.4 Å². The van der Waals surface area contributed by atoms with Crippen molar-refractivity contribution in [2.24, 2.45) is 17.8 Å². The monoisotopic (exact) mass is 375 g/mol. The summed E-state index contributed by atoms with van der Waals surface area (Å²) in [4.78, 5) is 8.66. The van der Waals surface area contributed by atoms with Crippen molar-refractivity contribution in [3.05, 3.63) is 28.9 Å². The molecule has 0 radical (unpaired) electrons. The van der Waals surface area contributed by atoms with Crippen LogP contribution in [-0.2, 0) is 16.3 Å². The number of aryl methyl sites for hydroxylation is 1. The van der Waals surface area contributed by atoms with Gasteiger partial charge in [0, 0.05) is 11.3 Å². The van der Waals surface area contributed by atoms with Gasteiger partial charge in [0.1, 0.15) is 6.33 Å². The standard InChI is InChI=1S/C20H29N3O2S/c1-14-19-8-16(9-20(19)23-13-22-14)6-18-7-17(11-26(24,25)12-18)5-15-3-2-4-21-10-15/h9,13,15,17-18,21H,2-8,10-12H2,1H3. The summed E-state index contributed by atoms with van der Waals surface area (Å²) in [5, 5.41) is 3.46. The fourth-order valence-corrected chi connectivity index (χ4v) is 7.23. The van der Waals surface area contributed by atoms with Gasteiger partial charge in [0.2, 0.25) is 0 Å². The highest BCUT2D eigenvalue weighted by molar-refractivity contribution is 7.91. The summed E-state index contributed by atoms with van der Waals surface area (Å²) in [5.41, 5.74) is 4.60. The average Bonchev–Trinajstić information content (AvgIpc) is 2.98. The highest BCUT2D eigenvalue weighted by Crippen LogP contribution is 2.36. The van der Waals surface area contributed by atoms with Crippen LogP contribution < -0.4 is 5.32 Å². The lowest BCUT2D eigenvalue weighted by Crippen LogP contribution is -2.36. The van der Waals surface area contributed by atoms with Gasteiger partial charge in [-0.05, 0) is 82.4 Å². The van der Waals surface area contributed by atoms with Crippen molar-refractivity contribution in [2.75, 3.05) is 24.6 Å². The van der Waals surface area contributed by atoms with Gasteiger partial charge >= 0.3 is 0 Å². The fraction of sp³-hybridized carbons (Fsp3) is 0.700. The molecule has 1 N–H and O–H groups in total. The Bertz CT molecular complexity index is 797. The van der Waals surface area contributed by atoms with Crippen LogP contribution in [0.5, 0.6) is 0 Å². The van der Waals surface area contributed by atoms with Crippen LogP contribution in [-0.4, -0.2) is 43.0 Å². The zero-order valence-electron chi connectivity index (χ0n) is 15.6. The molecule has 2 fully saturated rings. The molecule has 2 saturated heterocycles. The summed E-state index contributed by atoms with van der Waals surface area (Å²) in [6.07, 6.45) is 10.1. The molecule has 3 unspecified atom stereocenters. The van der Waals surface area contributed by atoms with Crippen molar-refractivity contribution >= 4 is 15.9 Å². The minimum atomic E-state index is -2.92. The zero-order chi connectivity index (χ0) is 18.1. The summed E-state index contributed by atoms with van der Waals surface area (Å²) in [6.45, 7) is 4.19. The molecule has 0 amide bonds. The van der Waals surface area contributed by atoms with Gasteiger partial charge in [0.25, 0.3) is 0 Å². The Labute approximate surface area is 156 Å². The van der Waals surface area contributed by atoms with E-state index in [0.717, 1.165) is 50.2 Å². The van der Waals surface area contributed by atoms with Gasteiger partial charge in [0.05, 0.1) is 17.2 Å². The van der Waals surface area contributed by atoms with Gasteiger partial charge in [-0.25, -0.2) is 18.4 Å². The number of hydrogen-bond donors (Lipinski definition) is 1. The molecular formula is C20H29N3O2S. The van der Waals surface area contributed by atoms with Gasteiger partial charge in [-0.15, -0.1) is 0 Å². The van der Waals surface area contributed by atoms with Gasteiger partial charge < -0.3 is 5.32 Å². The molecule has 3 atom stereocenters. The molecule has 1 aliphatic carbocycles. The third-order valence-electron chi connectivity index (χ3n) is 6.20. The molecule has 2 aliphatic heterocycles. The second-order valence-electron chi connectivity index (χ2n) is 8.50. The highest BCUT2D eigenvalue weighted by atomic mass is 32.2. The number of piperidine rings is 1. The Morgan fingerprint density at radius 2 is 2.04 bits per heavy atom. The first kappa shape index (κ1) is 18.1. The molecule has 0 bridgehead atoms. The molecule has 4 rings (SSSR count). The third kappa shape index (κ3) is 4.17. The number of fused-ring (bicyclic) bond motifs is 1. The molecule has 0 saturated carbocycles. The van der Waals surface area contributed by atoms with Crippen LogP contribution in [0, 0.1) is 24.7 Å². The maximum atomic E-state index is 12.5. The predicted molar refractivity (Wildman–Crippen MR) is 104 cm³/mol. The minimum absolute atomic E-state index is 0.254. The van der Waals surface area contributed by atoms with Gasteiger partial charge in [-0.1, -0.05) is 5.57 Å². The molecule has 26 heavy (non-hydrogen) atoms. The Morgan fingerprint density at radius 1 is 1.19 bits per heavy atom. The van der Waals surface area contributed by atoms with Crippen molar-refractivity contribution in [1.82, 2.24) is 15.3 Å². The first-order valence-electron chi connectivity index (χ1n) is 9.89. The van der Waals surface area contributed by atoms with Crippen LogP contribution in [0.25, 0.3) is 6.08 Å². The molecule has 0 aromatic carbocycles. The van der Waals surface area contributed by atoms with E-state index in [2.05, 4.69) is 21.4 Å². The Hall–Kier alpha value is -1.27. The first-order chi connectivity index (χ1) is 12.5. The molecule has 142 valence electrons. The maximum absolute atomic E-state index is 12.5. The van der Waals surface area contributed by atoms with Gasteiger partial charge in [0.15, 0.2) is 9.84 Å². The quantitative estimate of drug-likeness (QED) is 0.876. The second kappa shape index (κ2) is 7.39. The van der Waals surface area contributed by atoms with E-state index in [-0.39, 0.29) is 5.92 Å². The highest BCUT2D eigenvalue weighted by Gasteiger charge is 2.34. The normalized spacial score (nSPS) is 30.7. The molecule has 1 aromatic heterocycles. The smallest absolute Gasteiger partial charge is 0.150 e. The number of allylic oxidation sites excluding steroid dienone is 1. The van der Waals surface area contributed by atoms with Crippen LogP contribution in [0.2, 0.25) is 0 Å². The summed E-state index contributed by atoms with van der Waals surface area (Å²) >= 11 is 0. The lowest BCUT2D eigenvalue weighted by molar-refractivity contribution is 0.277. The van der Waals surface area contributed by atoms with E-state index in [1.807, 2.05) is 6.92 Å². The summed E-state index contributed by atoms with van der Waals surface area (Å²) in [7, 11) is -2.92. The number of sulfone groups is 1. The lowest BCUT2D eigenvalue weighted by Gasteiger charge is -2.33. The number of hydrogen-bond acceptors (Lipinski definition) is 5. The first-order valence-corrected chi connectivity index (χ1v) is 11.7. The van der Waals surface area contributed by atoms with E-state index in [0.29, 0.717) is 23.3 Å². The summed E-state index contributed by atoms with van der Waals surface area (Å²) in [5.74, 6) is 1.98. The lowest BCUT2D eigenvalue weighted by atomic mass is 9.83. The van der Waals surface area contributed by atoms with E-state index in [9.17, 15) is 8.42 Å². The molecular weight excluding hydrogens is 346 g/mol. The molecule has 3 aliphatic rings. The average molecular weight is 376 g/mol. The number of aromatic nitrogens is 2. The Kier molecular flexibility index (Phi) is 5.15. The zero-order valence-corrected chi connectivity index (χ0v) is 16.4. The van der Waals surface area contributed by atoms with Crippen LogP contribution in [0.15, 0.2) is 11.9 Å². The van der Waals surface area contributed by atoms with Gasteiger partial charge in [-0.2, -0.15) is 0 Å². The molecule has 6 heteroatoms. The molecule has 1 aromatic rings. The van der Waals surface area contributed by atoms with E-state index < -0.39 is 9.84 Å². The van der Waals surface area contributed by atoms with E-state index in [4.69, 9.17) is 0 Å². The third-order valence-corrected chi connectivity index (χ3v) is 8.16. The molecule has 3 heterocycles. The SMILES string of the molecule is Cc1ncnc2c1CC(CC1CC(CC3CCCNC3)CS(=O)(=O)C1)=C2. The van der Waals surface area contributed by atoms with Crippen LogP contribution in [0.1, 0.15) is 49.1 Å². The van der Waals surface area contributed by atoms with Crippen LogP contribution in [0.4, 0.5) is 0 Å². The topological polar surface area (TPSA) is 72.0 Å². The number of rotatable bonds is 4. The van der Waals surface area contributed by atoms with Crippen molar-refractivity contribution in [1.29, 1.82) is 0 Å². The maximum Gasteiger partial charge on any atom is 0.150 e. The van der Waals surface area contributed by atoms with E-state index in [1.165, 1.54) is 24.0 Å². The van der Waals surface area contributed by atoms with Gasteiger partial charge in [-0.3, -0.25) is 0 Å². The number of nitrogens with one attached hydrogen (secondary N) is 1. The van der Waals surface area contributed by atoms with Crippen LogP contribution >= 0.6 is 0 Å². The Morgan fingerprint density at radius 3 is 2.81 bits per heavy atom. The second-order valence-corrected chi connectivity index (χ2v) is 10.7. The summed E-state index contributed by atoms with van der Waals surface area (Å²) in [6, 6.07) is 0. The van der Waals surface area contributed by atoms with E-state index in [1.54, 1.807) is 6.33 Å².